The second-order valence-electron chi connectivity index (χ2n) is 5.75. The van der Waals surface area contributed by atoms with Crippen molar-refractivity contribution in [3.63, 3.8) is 0 Å². The second kappa shape index (κ2) is 7.04. The molecule has 0 aliphatic heterocycles. The Labute approximate surface area is 148 Å². The van der Waals surface area contributed by atoms with Crippen molar-refractivity contribution in [3.8, 4) is 5.75 Å². The highest BCUT2D eigenvalue weighted by molar-refractivity contribution is 6.08. The molecule has 3 aromatic carbocycles. The number of fused-ring (bicyclic) bond motifs is 1. The minimum absolute atomic E-state index is 0.220. The fourth-order valence-corrected chi connectivity index (χ4v) is 2.56. The number of ether oxygens (including phenoxy) is 1. The lowest BCUT2D eigenvalue weighted by Crippen LogP contribution is -2.04. The summed E-state index contributed by atoms with van der Waals surface area (Å²) in [6, 6.07) is 15.5. The maximum absolute atomic E-state index is 12.6. The van der Waals surface area contributed by atoms with Gasteiger partial charge in [-0.3, -0.25) is 4.79 Å². The van der Waals surface area contributed by atoms with Crippen molar-refractivity contribution in [2.24, 2.45) is 0 Å². The van der Waals surface area contributed by atoms with Crippen molar-refractivity contribution < 1.29 is 22.7 Å². The molecule has 0 bridgehead atoms. The van der Waals surface area contributed by atoms with E-state index in [0.29, 0.717) is 11.1 Å². The van der Waals surface area contributed by atoms with Gasteiger partial charge in [0.1, 0.15) is 5.75 Å². The van der Waals surface area contributed by atoms with Crippen LogP contribution >= 0.6 is 0 Å². The molecule has 0 amide bonds. The first-order valence-corrected chi connectivity index (χ1v) is 7.84. The summed E-state index contributed by atoms with van der Waals surface area (Å²) in [6.45, 7) is 0. The molecule has 0 fully saturated rings. The smallest absolute Gasteiger partial charge is 0.416 e. The number of hydrogen-bond acceptors (Lipinski definition) is 2. The highest BCUT2D eigenvalue weighted by Crippen LogP contribution is 2.29. The van der Waals surface area contributed by atoms with Crippen LogP contribution in [0.4, 0.5) is 13.2 Å². The Hall–Kier alpha value is -3.08. The van der Waals surface area contributed by atoms with Crippen LogP contribution in [0.1, 0.15) is 21.5 Å². The molecule has 2 nitrogen and oxygen atoms in total. The first kappa shape index (κ1) is 17.7. The SMILES string of the molecule is COc1ccc2cc(C(=O)C=Cc3ccc(C(F)(F)F)cc3)ccc2c1. The number of carbonyl (C=O) groups excluding carboxylic acids is 1. The molecule has 3 aromatic rings. The van der Waals surface area contributed by atoms with Gasteiger partial charge >= 0.3 is 6.18 Å². The highest BCUT2D eigenvalue weighted by Gasteiger charge is 2.29. The fourth-order valence-electron chi connectivity index (χ4n) is 2.56. The molecule has 3 rings (SSSR count). The zero-order valence-electron chi connectivity index (χ0n) is 13.9. The van der Waals surface area contributed by atoms with Crippen LogP contribution in [0.3, 0.4) is 0 Å². The zero-order valence-corrected chi connectivity index (χ0v) is 13.9. The second-order valence-corrected chi connectivity index (χ2v) is 5.75. The molecule has 0 saturated heterocycles. The average Bonchev–Trinajstić information content (AvgIpc) is 2.64. The van der Waals surface area contributed by atoms with Crippen LogP contribution in [0.15, 0.2) is 66.7 Å². The number of methoxy groups -OCH3 is 1. The summed E-state index contributed by atoms with van der Waals surface area (Å²) >= 11 is 0. The maximum atomic E-state index is 12.6. The minimum Gasteiger partial charge on any atom is -0.497 e. The van der Waals surface area contributed by atoms with Gasteiger partial charge in [0, 0.05) is 5.56 Å². The maximum Gasteiger partial charge on any atom is 0.416 e. The van der Waals surface area contributed by atoms with E-state index in [1.807, 2.05) is 24.3 Å². The van der Waals surface area contributed by atoms with Gasteiger partial charge in [-0.25, -0.2) is 0 Å². The summed E-state index contributed by atoms with van der Waals surface area (Å²) in [5.41, 5.74) is 0.314. The van der Waals surface area contributed by atoms with Gasteiger partial charge in [-0.2, -0.15) is 13.2 Å². The number of carbonyl (C=O) groups is 1. The third-order valence-corrected chi connectivity index (χ3v) is 4.00. The van der Waals surface area contributed by atoms with Crippen molar-refractivity contribution in [1.82, 2.24) is 0 Å². The van der Waals surface area contributed by atoms with Gasteiger partial charge in [-0.15, -0.1) is 0 Å². The van der Waals surface area contributed by atoms with Crippen LogP contribution in [0.25, 0.3) is 16.8 Å². The molecule has 0 radical (unpaired) electrons. The van der Waals surface area contributed by atoms with Crippen molar-refractivity contribution in [1.29, 1.82) is 0 Å². The lowest BCUT2D eigenvalue weighted by Gasteiger charge is -2.06. The van der Waals surface area contributed by atoms with Gasteiger partial charge in [0.15, 0.2) is 5.78 Å². The Kier molecular flexibility index (Phi) is 4.80. The van der Waals surface area contributed by atoms with E-state index >= 15 is 0 Å². The van der Waals surface area contributed by atoms with Gasteiger partial charge in [0.2, 0.25) is 0 Å². The number of ketones is 1. The Morgan fingerprint density at radius 1 is 0.923 bits per heavy atom. The van der Waals surface area contributed by atoms with E-state index in [2.05, 4.69) is 0 Å². The third kappa shape index (κ3) is 3.94. The molecule has 0 atom stereocenters. The van der Waals surface area contributed by atoms with Gasteiger partial charge in [0.05, 0.1) is 12.7 Å². The molecule has 0 spiro atoms. The van der Waals surface area contributed by atoms with Crippen LogP contribution in [0.5, 0.6) is 5.75 Å². The van der Waals surface area contributed by atoms with Gasteiger partial charge < -0.3 is 4.74 Å². The van der Waals surface area contributed by atoms with E-state index in [0.717, 1.165) is 28.7 Å². The van der Waals surface area contributed by atoms with Gasteiger partial charge in [-0.05, 0) is 52.7 Å². The van der Waals surface area contributed by atoms with E-state index in [-0.39, 0.29) is 5.78 Å². The molecule has 0 N–H and O–H groups in total. The summed E-state index contributed by atoms with van der Waals surface area (Å²) in [7, 11) is 1.59. The summed E-state index contributed by atoms with van der Waals surface area (Å²) < 4.78 is 42.8. The summed E-state index contributed by atoms with van der Waals surface area (Å²) in [5, 5.41) is 1.85. The average molecular weight is 356 g/mol. The largest absolute Gasteiger partial charge is 0.497 e. The summed E-state index contributed by atoms with van der Waals surface area (Å²) in [6.07, 6.45) is -1.51. The van der Waals surface area contributed by atoms with Crippen molar-refractivity contribution >= 4 is 22.6 Å². The van der Waals surface area contributed by atoms with E-state index in [1.165, 1.54) is 24.3 Å². The Morgan fingerprint density at radius 3 is 2.23 bits per heavy atom. The van der Waals surface area contributed by atoms with Crippen molar-refractivity contribution in [3.05, 3.63) is 83.4 Å². The highest BCUT2D eigenvalue weighted by atomic mass is 19.4. The van der Waals surface area contributed by atoms with Crippen LogP contribution in [0, 0.1) is 0 Å². The molecular weight excluding hydrogens is 341 g/mol. The van der Waals surface area contributed by atoms with Crippen LogP contribution in [0.2, 0.25) is 0 Å². The van der Waals surface area contributed by atoms with Gasteiger partial charge in [0.25, 0.3) is 0 Å². The molecule has 132 valence electrons. The third-order valence-electron chi connectivity index (χ3n) is 4.00. The first-order chi connectivity index (χ1) is 12.4. The van der Waals surface area contributed by atoms with E-state index in [9.17, 15) is 18.0 Å². The number of halogens is 3. The number of allylic oxidation sites excluding steroid dienone is 1. The summed E-state index contributed by atoms with van der Waals surface area (Å²) in [4.78, 5) is 12.3. The molecule has 0 saturated carbocycles. The number of benzene rings is 3. The normalized spacial score (nSPS) is 11.8. The van der Waals surface area contributed by atoms with E-state index in [4.69, 9.17) is 4.74 Å². The molecule has 26 heavy (non-hydrogen) atoms. The van der Waals surface area contributed by atoms with Crippen LogP contribution in [-0.4, -0.2) is 12.9 Å². The zero-order chi connectivity index (χ0) is 18.7. The lowest BCUT2D eigenvalue weighted by molar-refractivity contribution is -0.137. The molecule has 5 heteroatoms. The summed E-state index contributed by atoms with van der Waals surface area (Å²) in [5.74, 6) is 0.515. The van der Waals surface area contributed by atoms with Crippen LogP contribution < -0.4 is 4.74 Å². The number of hydrogen-bond donors (Lipinski definition) is 0. The molecule has 0 aliphatic rings. The van der Waals surface area contributed by atoms with Crippen LogP contribution in [-0.2, 0) is 6.18 Å². The molecule has 0 aromatic heterocycles. The quantitative estimate of drug-likeness (QED) is 0.439. The van der Waals surface area contributed by atoms with E-state index < -0.39 is 11.7 Å². The Bertz CT molecular complexity index is 971. The number of alkyl halides is 3. The number of rotatable bonds is 4. The molecule has 0 heterocycles. The van der Waals surface area contributed by atoms with Gasteiger partial charge in [-0.1, -0.05) is 36.4 Å². The predicted octanol–water partition coefficient (Wildman–Crippen LogP) is 5.76. The Balaban J connectivity index is 1.79. The molecule has 0 unspecified atom stereocenters. The lowest BCUT2D eigenvalue weighted by atomic mass is 10.0. The first-order valence-electron chi connectivity index (χ1n) is 7.84. The predicted molar refractivity (Wildman–Crippen MR) is 95.3 cm³/mol. The molecular formula is C21H15F3O2. The topological polar surface area (TPSA) is 26.3 Å². The van der Waals surface area contributed by atoms with Crippen molar-refractivity contribution in [2.45, 2.75) is 6.18 Å². The standard InChI is InChI=1S/C21H15F3O2/c1-26-19-10-7-15-12-17(6-5-16(15)13-19)20(25)11-4-14-2-8-18(9-3-14)21(22,23)24/h2-13H,1H3. The van der Waals surface area contributed by atoms with Crippen molar-refractivity contribution in [2.75, 3.05) is 7.11 Å². The van der Waals surface area contributed by atoms with E-state index in [1.54, 1.807) is 19.2 Å². The Morgan fingerprint density at radius 2 is 1.58 bits per heavy atom. The monoisotopic (exact) mass is 356 g/mol. The minimum atomic E-state index is -4.37. The molecule has 0 aliphatic carbocycles. The fraction of sp³-hybridized carbons (Fsp3) is 0.0952.